The molecule has 0 aliphatic heterocycles. The summed E-state index contributed by atoms with van der Waals surface area (Å²) in [5, 5.41) is 12.5. The zero-order chi connectivity index (χ0) is 11.1. The van der Waals surface area contributed by atoms with E-state index < -0.39 is 0 Å². The maximum Gasteiger partial charge on any atom is 0.0824 e. The molecular formula is C11H22N2O. The molecule has 0 saturated carbocycles. The van der Waals surface area contributed by atoms with Gasteiger partial charge in [-0.3, -0.25) is 4.99 Å². The topological polar surface area (TPSA) is 44.6 Å². The lowest BCUT2D eigenvalue weighted by Gasteiger charge is -2.16. The second-order valence-electron chi connectivity index (χ2n) is 3.79. The van der Waals surface area contributed by atoms with E-state index in [1.54, 1.807) is 20.3 Å². The zero-order valence-corrected chi connectivity index (χ0v) is 9.78. The SMILES string of the molecule is CN=CNC(C)C(C)=CC(C)C(C)O. The van der Waals surface area contributed by atoms with Crippen LogP contribution in [0.25, 0.3) is 0 Å². The molecule has 3 unspecified atom stereocenters. The van der Waals surface area contributed by atoms with Crippen LogP contribution in [0.4, 0.5) is 0 Å². The standard InChI is InChI=1S/C11H22N2O/c1-8(6-9(2)11(4)14)10(3)13-7-12-5/h6-7,9-11,14H,1-5H3,(H,12,13). The van der Waals surface area contributed by atoms with Crippen LogP contribution in [-0.4, -0.2) is 30.6 Å². The minimum Gasteiger partial charge on any atom is -0.393 e. The van der Waals surface area contributed by atoms with Gasteiger partial charge in [0.1, 0.15) is 0 Å². The maximum absolute atomic E-state index is 9.34. The molecule has 0 aromatic heterocycles. The number of hydrogen-bond donors (Lipinski definition) is 2. The van der Waals surface area contributed by atoms with Crippen molar-refractivity contribution in [3.8, 4) is 0 Å². The Balaban J connectivity index is 4.21. The number of rotatable bonds is 5. The zero-order valence-electron chi connectivity index (χ0n) is 9.78. The average Bonchev–Trinajstić information content (AvgIpc) is 2.13. The fourth-order valence-corrected chi connectivity index (χ4v) is 1.02. The normalized spacial score (nSPS) is 19.4. The fourth-order valence-electron chi connectivity index (χ4n) is 1.02. The summed E-state index contributed by atoms with van der Waals surface area (Å²) in [6, 6.07) is 0.264. The van der Waals surface area contributed by atoms with E-state index >= 15 is 0 Å². The molecule has 0 heterocycles. The van der Waals surface area contributed by atoms with Gasteiger partial charge in [0.05, 0.1) is 12.4 Å². The largest absolute Gasteiger partial charge is 0.393 e. The van der Waals surface area contributed by atoms with Gasteiger partial charge in [-0.1, -0.05) is 18.6 Å². The van der Waals surface area contributed by atoms with Crippen LogP contribution < -0.4 is 5.32 Å². The van der Waals surface area contributed by atoms with Crippen molar-refractivity contribution in [2.24, 2.45) is 10.9 Å². The number of hydrogen-bond acceptors (Lipinski definition) is 2. The Morgan fingerprint density at radius 1 is 1.36 bits per heavy atom. The summed E-state index contributed by atoms with van der Waals surface area (Å²) < 4.78 is 0. The third-order valence-electron chi connectivity index (χ3n) is 2.42. The van der Waals surface area contributed by atoms with E-state index in [1.807, 2.05) is 6.92 Å². The summed E-state index contributed by atoms with van der Waals surface area (Å²) in [6.45, 7) is 7.94. The third-order valence-corrected chi connectivity index (χ3v) is 2.42. The number of aliphatic hydroxyl groups excluding tert-OH is 1. The number of aliphatic imine (C=N–C) groups is 1. The second kappa shape index (κ2) is 6.60. The quantitative estimate of drug-likeness (QED) is 0.400. The van der Waals surface area contributed by atoms with Crippen LogP contribution in [0, 0.1) is 5.92 Å². The van der Waals surface area contributed by atoms with Gasteiger partial charge in [-0.05, 0) is 26.7 Å². The molecule has 2 N–H and O–H groups in total. The summed E-state index contributed by atoms with van der Waals surface area (Å²) in [4.78, 5) is 3.86. The van der Waals surface area contributed by atoms with Crippen LogP contribution in [-0.2, 0) is 0 Å². The molecule has 14 heavy (non-hydrogen) atoms. The average molecular weight is 198 g/mol. The van der Waals surface area contributed by atoms with Crippen LogP contribution in [0.15, 0.2) is 16.6 Å². The first-order valence-electron chi connectivity index (χ1n) is 5.02. The van der Waals surface area contributed by atoms with Crippen molar-refractivity contribution in [1.82, 2.24) is 5.32 Å². The maximum atomic E-state index is 9.34. The van der Waals surface area contributed by atoms with Crippen molar-refractivity contribution in [3.05, 3.63) is 11.6 Å². The summed E-state index contributed by atoms with van der Waals surface area (Å²) in [7, 11) is 1.73. The molecule has 0 fully saturated rings. The summed E-state index contributed by atoms with van der Waals surface area (Å²) in [6.07, 6.45) is 3.48. The van der Waals surface area contributed by atoms with Crippen LogP contribution in [0.1, 0.15) is 27.7 Å². The molecule has 3 nitrogen and oxygen atoms in total. The molecule has 82 valence electrons. The summed E-state index contributed by atoms with van der Waals surface area (Å²) >= 11 is 0. The Labute approximate surface area is 86.9 Å². The van der Waals surface area contributed by atoms with E-state index in [0.29, 0.717) is 0 Å². The second-order valence-corrected chi connectivity index (χ2v) is 3.79. The predicted octanol–water partition coefficient (Wildman–Crippen LogP) is 1.59. The third kappa shape index (κ3) is 5.02. The Hall–Kier alpha value is -0.830. The highest BCUT2D eigenvalue weighted by Gasteiger charge is 2.08. The number of nitrogens with zero attached hydrogens (tertiary/aromatic N) is 1. The first-order chi connectivity index (χ1) is 6.49. The van der Waals surface area contributed by atoms with Gasteiger partial charge in [0.15, 0.2) is 0 Å². The molecule has 0 bridgehead atoms. The van der Waals surface area contributed by atoms with Crippen molar-refractivity contribution >= 4 is 6.34 Å². The van der Waals surface area contributed by atoms with Crippen LogP contribution in [0.3, 0.4) is 0 Å². The highest BCUT2D eigenvalue weighted by Crippen LogP contribution is 2.10. The van der Waals surface area contributed by atoms with Crippen molar-refractivity contribution in [1.29, 1.82) is 0 Å². The Kier molecular flexibility index (Phi) is 6.21. The lowest BCUT2D eigenvalue weighted by atomic mass is 10.0. The van der Waals surface area contributed by atoms with Crippen LogP contribution in [0.2, 0.25) is 0 Å². The van der Waals surface area contributed by atoms with Crippen molar-refractivity contribution in [3.63, 3.8) is 0 Å². The lowest BCUT2D eigenvalue weighted by molar-refractivity contribution is 0.157. The van der Waals surface area contributed by atoms with E-state index in [1.165, 1.54) is 5.57 Å². The Morgan fingerprint density at radius 2 is 1.93 bits per heavy atom. The van der Waals surface area contributed by atoms with E-state index in [-0.39, 0.29) is 18.1 Å². The summed E-state index contributed by atoms with van der Waals surface area (Å²) in [5.41, 5.74) is 1.22. The molecule has 3 heteroatoms. The molecule has 0 aromatic rings. The van der Waals surface area contributed by atoms with E-state index in [0.717, 1.165) is 0 Å². The molecule has 0 aliphatic rings. The van der Waals surface area contributed by atoms with E-state index in [4.69, 9.17) is 0 Å². The van der Waals surface area contributed by atoms with Gasteiger partial charge in [-0.2, -0.15) is 0 Å². The smallest absolute Gasteiger partial charge is 0.0824 e. The minimum atomic E-state index is -0.294. The highest BCUT2D eigenvalue weighted by molar-refractivity contribution is 5.55. The van der Waals surface area contributed by atoms with Gasteiger partial charge >= 0.3 is 0 Å². The summed E-state index contributed by atoms with van der Waals surface area (Å²) in [5.74, 6) is 0.192. The monoisotopic (exact) mass is 198 g/mol. The molecule has 3 atom stereocenters. The molecule has 0 amide bonds. The Bertz CT molecular complexity index is 209. The number of aliphatic hydroxyl groups is 1. The van der Waals surface area contributed by atoms with Crippen LogP contribution in [0.5, 0.6) is 0 Å². The molecular weight excluding hydrogens is 176 g/mol. The Morgan fingerprint density at radius 3 is 2.36 bits per heavy atom. The van der Waals surface area contributed by atoms with Crippen molar-refractivity contribution in [2.45, 2.75) is 39.8 Å². The lowest BCUT2D eigenvalue weighted by Crippen LogP contribution is -2.26. The van der Waals surface area contributed by atoms with Gasteiger partial charge in [0.25, 0.3) is 0 Å². The van der Waals surface area contributed by atoms with Gasteiger partial charge in [-0.25, -0.2) is 0 Å². The fraction of sp³-hybridized carbons (Fsp3) is 0.727. The first-order valence-corrected chi connectivity index (χ1v) is 5.02. The van der Waals surface area contributed by atoms with E-state index in [9.17, 15) is 5.11 Å². The molecule has 0 saturated heterocycles. The van der Waals surface area contributed by atoms with Crippen molar-refractivity contribution < 1.29 is 5.11 Å². The van der Waals surface area contributed by atoms with Gasteiger partial charge in [0.2, 0.25) is 0 Å². The predicted molar refractivity (Wildman–Crippen MR) is 61.6 cm³/mol. The van der Waals surface area contributed by atoms with Gasteiger partial charge in [-0.15, -0.1) is 0 Å². The minimum absolute atomic E-state index is 0.192. The first kappa shape index (κ1) is 13.2. The molecule has 0 spiro atoms. The van der Waals surface area contributed by atoms with Crippen LogP contribution >= 0.6 is 0 Å². The molecule has 0 radical (unpaired) electrons. The van der Waals surface area contributed by atoms with Crippen molar-refractivity contribution in [2.75, 3.05) is 7.05 Å². The van der Waals surface area contributed by atoms with Gasteiger partial charge in [0, 0.05) is 13.1 Å². The van der Waals surface area contributed by atoms with Gasteiger partial charge < -0.3 is 10.4 Å². The highest BCUT2D eigenvalue weighted by atomic mass is 16.3. The van der Waals surface area contributed by atoms with E-state index in [2.05, 4.69) is 30.2 Å². The number of nitrogens with one attached hydrogen (secondary N) is 1. The molecule has 0 aromatic carbocycles. The molecule has 0 rings (SSSR count). The molecule has 0 aliphatic carbocycles.